The molecule has 0 aliphatic heterocycles. The Labute approximate surface area is 89.1 Å². The molecule has 0 saturated carbocycles. The van der Waals surface area contributed by atoms with E-state index in [0.717, 1.165) is 11.3 Å². The maximum Gasteiger partial charge on any atom is 0.134 e. The summed E-state index contributed by atoms with van der Waals surface area (Å²) in [6.45, 7) is 4.12. The van der Waals surface area contributed by atoms with Crippen molar-refractivity contribution in [3.63, 3.8) is 0 Å². The summed E-state index contributed by atoms with van der Waals surface area (Å²) >= 11 is 0. The molecule has 0 aliphatic rings. The van der Waals surface area contributed by atoms with Crippen LogP contribution in [0.3, 0.4) is 0 Å². The summed E-state index contributed by atoms with van der Waals surface area (Å²) in [5.41, 5.74) is 3.33. The van der Waals surface area contributed by atoms with Crippen LogP contribution in [0.25, 0.3) is 11.0 Å². The van der Waals surface area contributed by atoms with Gasteiger partial charge in [-0.3, -0.25) is 0 Å². The normalized spacial score (nSPS) is 10.5. The van der Waals surface area contributed by atoms with Crippen molar-refractivity contribution in [2.45, 2.75) is 26.7 Å². The average molecular weight is 199 g/mol. The van der Waals surface area contributed by atoms with Crippen molar-refractivity contribution in [1.82, 2.24) is 0 Å². The van der Waals surface area contributed by atoms with Crippen molar-refractivity contribution in [3.8, 4) is 6.07 Å². The molecule has 0 saturated heterocycles. The van der Waals surface area contributed by atoms with Gasteiger partial charge in [0.15, 0.2) is 0 Å². The summed E-state index contributed by atoms with van der Waals surface area (Å²) in [7, 11) is 0. The molecule has 2 aromatic rings. The van der Waals surface area contributed by atoms with Crippen LogP contribution >= 0.6 is 0 Å². The Morgan fingerprint density at radius 1 is 1.33 bits per heavy atom. The molecule has 1 aromatic carbocycles. The largest absolute Gasteiger partial charge is 0.461 e. The molecule has 0 aliphatic carbocycles. The maximum atomic E-state index is 8.55. The van der Waals surface area contributed by atoms with Crippen LogP contribution in [0.4, 0.5) is 0 Å². The fraction of sp³-hybridized carbons (Fsp3) is 0.308. The van der Waals surface area contributed by atoms with Gasteiger partial charge in [-0.15, -0.1) is 0 Å². The van der Waals surface area contributed by atoms with E-state index in [2.05, 4.69) is 26.0 Å². The molecule has 1 aromatic heterocycles. The molecular weight excluding hydrogens is 186 g/mol. The smallest absolute Gasteiger partial charge is 0.134 e. The third-order valence-corrected chi connectivity index (χ3v) is 2.65. The van der Waals surface area contributed by atoms with Crippen LogP contribution in [-0.4, -0.2) is 0 Å². The highest BCUT2D eigenvalue weighted by molar-refractivity contribution is 5.82. The molecule has 1 heterocycles. The highest BCUT2D eigenvalue weighted by atomic mass is 16.3. The molecule has 0 N–H and O–H groups in total. The van der Waals surface area contributed by atoms with Crippen LogP contribution in [-0.2, 0) is 6.42 Å². The first-order valence-electron chi connectivity index (χ1n) is 5.08. The van der Waals surface area contributed by atoms with E-state index in [9.17, 15) is 0 Å². The van der Waals surface area contributed by atoms with Gasteiger partial charge in [-0.05, 0) is 31.5 Å². The summed E-state index contributed by atoms with van der Waals surface area (Å²) < 4.78 is 5.70. The zero-order valence-electron chi connectivity index (χ0n) is 9.00. The number of nitriles is 1. The first-order valence-corrected chi connectivity index (χ1v) is 5.08. The zero-order chi connectivity index (χ0) is 10.8. The number of nitrogens with zero attached hydrogens (tertiary/aromatic N) is 1. The third kappa shape index (κ3) is 1.73. The van der Waals surface area contributed by atoms with Crippen molar-refractivity contribution in [1.29, 1.82) is 5.26 Å². The lowest BCUT2D eigenvalue weighted by Gasteiger charge is -1.92. The minimum absolute atomic E-state index is 0.514. The molecule has 0 spiro atoms. The van der Waals surface area contributed by atoms with Crippen LogP contribution in [0, 0.1) is 25.2 Å². The van der Waals surface area contributed by atoms with Crippen LogP contribution in [0.1, 0.15) is 23.3 Å². The molecule has 0 bridgehead atoms. The number of aryl methyl sites for hydroxylation is 3. The van der Waals surface area contributed by atoms with Gasteiger partial charge in [-0.2, -0.15) is 5.26 Å². The zero-order valence-corrected chi connectivity index (χ0v) is 9.00. The molecule has 2 heteroatoms. The number of rotatable bonds is 2. The van der Waals surface area contributed by atoms with Gasteiger partial charge in [0, 0.05) is 18.2 Å². The van der Waals surface area contributed by atoms with Crippen LogP contribution in [0.2, 0.25) is 0 Å². The SMILES string of the molecule is Cc1ccc2oc(CCC#N)c(C)c2c1. The maximum absolute atomic E-state index is 8.55. The monoisotopic (exact) mass is 199 g/mol. The number of hydrogen-bond acceptors (Lipinski definition) is 2. The molecular formula is C13H13NO. The van der Waals surface area contributed by atoms with Crippen molar-refractivity contribution >= 4 is 11.0 Å². The third-order valence-electron chi connectivity index (χ3n) is 2.65. The highest BCUT2D eigenvalue weighted by Gasteiger charge is 2.09. The second-order valence-corrected chi connectivity index (χ2v) is 3.81. The quantitative estimate of drug-likeness (QED) is 0.742. The Morgan fingerprint density at radius 2 is 2.13 bits per heavy atom. The van der Waals surface area contributed by atoms with E-state index in [1.807, 2.05) is 12.1 Å². The van der Waals surface area contributed by atoms with Crippen LogP contribution in [0.15, 0.2) is 22.6 Å². The molecule has 0 fully saturated rings. The molecule has 0 amide bonds. The Balaban J connectivity index is 2.50. The average Bonchev–Trinajstić information content (AvgIpc) is 2.53. The molecule has 2 rings (SSSR count). The van der Waals surface area contributed by atoms with Gasteiger partial charge < -0.3 is 4.42 Å². The van der Waals surface area contributed by atoms with Gasteiger partial charge in [0.2, 0.25) is 0 Å². The molecule has 15 heavy (non-hydrogen) atoms. The standard InChI is InChI=1S/C13H13NO/c1-9-5-6-13-11(8-9)10(2)12(15-13)4-3-7-14/h5-6,8H,3-4H2,1-2H3. The van der Waals surface area contributed by atoms with Crippen molar-refractivity contribution in [2.24, 2.45) is 0 Å². The van der Waals surface area contributed by atoms with E-state index >= 15 is 0 Å². The lowest BCUT2D eigenvalue weighted by molar-refractivity contribution is 0.546. The topological polar surface area (TPSA) is 36.9 Å². The van der Waals surface area contributed by atoms with Crippen molar-refractivity contribution < 1.29 is 4.42 Å². The van der Waals surface area contributed by atoms with E-state index in [4.69, 9.17) is 9.68 Å². The Hall–Kier alpha value is -1.75. The summed E-state index contributed by atoms with van der Waals surface area (Å²) in [5.74, 6) is 0.942. The van der Waals surface area contributed by atoms with Gasteiger partial charge >= 0.3 is 0 Å². The van der Waals surface area contributed by atoms with E-state index in [-0.39, 0.29) is 0 Å². The minimum atomic E-state index is 0.514. The predicted octanol–water partition coefficient (Wildman–Crippen LogP) is 3.51. The van der Waals surface area contributed by atoms with Gasteiger partial charge in [-0.1, -0.05) is 11.6 Å². The molecule has 76 valence electrons. The Morgan fingerprint density at radius 3 is 2.87 bits per heavy atom. The van der Waals surface area contributed by atoms with Gasteiger partial charge in [0.1, 0.15) is 11.3 Å². The Bertz CT molecular complexity index is 531. The van der Waals surface area contributed by atoms with E-state index in [0.29, 0.717) is 12.8 Å². The molecule has 0 radical (unpaired) electrons. The van der Waals surface area contributed by atoms with E-state index in [1.165, 1.54) is 16.5 Å². The van der Waals surface area contributed by atoms with Gasteiger partial charge in [-0.25, -0.2) is 0 Å². The van der Waals surface area contributed by atoms with Gasteiger partial charge in [0.05, 0.1) is 6.07 Å². The number of hydrogen-bond donors (Lipinski definition) is 0. The summed E-state index contributed by atoms with van der Waals surface area (Å²) in [5, 5.41) is 9.72. The van der Waals surface area contributed by atoms with E-state index < -0.39 is 0 Å². The molecule has 0 atom stereocenters. The second kappa shape index (κ2) is 3.78. The van der Waals surface area contributed by atoms with E-state index in [1.54, 1.807) is 0 Å². The summed E-state index contributed by atoms with van der Waals surface area (Å²) in [6.07, 6.45) is 1.22. The molecule has 0 unspecified atom stereocenters. The fourth-order valence-electron chi connectivity index (χ4n) is 1.79. The minimum Gasteiger partial charge on any atom is -0.461 e. The molecule has 2 nitrogen and oxygen atoms in total. The lowest BCUT2D eigenvalue weighted by atomic mass is 10.1. The Kier molecular flexibility index (Phi) is 2.47. The number of fused-ring (bicyclic) bond motifs is 1. The number of furan rings is 1. The first-order chi connectivity index (χ1) is 7.22. The van der Waals surface area contributed by atoms with Gasteiger partial charge in [0.25, 0.3) is 0 Å². The lowest BCUT2D eigenvalue weighted by Crippen LogP contribution is -1.82. The van der Waals surface area contributed by atoms with Crippen LogP contribution < -0.4 is 0 Å². The van der Waals surface area contributed by atoms with Crippen LogP contribution in [0.5, 0.6) is 0 Å². The summed E-state index contributed by atoms with van der Waals surface area (Å²) in [4.78, 5) is 0. The number of benzene rings is 1. The van der Waals surface area contributed by atoms with Crippen molar-refractivity contribution in [2.75, 3.05) is 0 Å². The first kappa shape index (κ1) is 9.79. The second-order valence-electron chi connectivity index (χ2n) is 3.81. The predicted molar refractivity (Wildman–Crippen MR) is 59.6 cm³/mol. The van der Waals surface area contributed by atoms with Crippen molar-refractivity contribution in [3.05, 3.63) is 35.1 Å². The summed E-state index contributed by atoms with van der Waals surface area (Å²) in [6, 6.07) is 8.30. The fourth-order valence-corrected chi connectivity index (χ4v) is 1.79. The highest BCUT2D eigenvalue weighted by Crippen LogP contribution is 2.26.